The molecule has 0 aromatic carbocycles. The van der Waals surface area contributed by atoms with Gasteiger partial charge in [-0.05, 0) is 13.8 Å². The molecule has 1 N–H and O–H groups in total. The Labute approximate surface area is 71.5 Å². The molecule has 0 spiro atoms. The van der Waals surface area contributed by atoms with E-state index < -0.39 is 18.0 Å². The normalized spacial score (nSPS) is 43.2. The second-order valence-electron chi connectivity index (χ2n) is 3.29. The van der Waals surface area contributed by atoms with Gasteiger partial charge in [0, 0.05) is 13.5 Å². The monoisotopic (exact) mass is 174 g/mol. The second kappa shape index (κ2) is 3.12. The molecule has 4 nitrogen and oxygen atoms in total. The first-order valence-electron chi connectivity index (χ1n) is 3.92. The second-order valence-corrected chi connectivity index (χ2v) is 3.29. The third-order valence-electron chi connectivity index (χ3n) is 2.08. The van der Waals surface area contributed by atoms with Gasteiger partial charge < -0.3 is 14.6 Å². The lowest BCUT2D eigenvalue weighted by Gasteiger charge is -2.35. The number of carbonyl (C=O) groups excluding carboxylic acids is 1. The van der Waals surface area contributed by atoms with Gasteiger partial charge in [-0.1, -0.05) is 0 Å². The van der Waals surface area contributed by atoms with Crippen molar-refractivity contribution in [1.29, 1.82) is 0 Å². The SMILES string of the molecule is CO[C@H]1C[C@@](C)(O)C(=O)[C@H](C)O1. The first-order valence-corrected chi connectivity index (χ1v) is 3.92. The molecule has 1 aliphatic rings. The predicted octanol–water partition coefficient (Wildman–Crippen LogP) is 0.0878. The Morgan fingerprint density at radius 1 is 1.75 bits per heavy atom. The van der Waals surface area contributed by atoms with Crippen LogP contribution < -0.4 is 0 Å². The standard InChI is InChI=1S/C8H14O4/c1-5-7(9)8(2,10)4-6(11-3)12-5/h5-6,10H,4H2,1-3H3/t5-,6+,8+/m0/s1. The van der Waals surface area contributed by atoms with E-state index in [0.717, 1.165) is 0 Å². The van der Waals surface area contributed by atoms with Crippen LogP contribution in [-0.2, 0) is 14.3 Å². The molecule has 1 fully saturated rings. The molecular weight excluding hydrogens is 160 g/mol. The van der Waals surface area contributed by atoms with E-state index in [1.54, 1.807) is 6.92 Å². The molecule has 0 aromatic rings. The van der Waals surface area contributed by atoms with Crippen molar-refractivity contribution in [3.63, 3.8) is 0 Å². The van der Waals surface area contributed by atoms with Crippen LogP contribution in [0.4, 0.5) is 0 Å². The van der Waals surface area contributed by atoms with Gasteiger partial charge in [-0.3, -0.25) is 4.79 Å². The van der Waals surface area contributed by atoms with E-state index in [1.165, 1.54) is 14.0 Å². The lowest BCUT2D eigenvalue weighted by Crippen LogP contribution is -2.51. The van der Waals surface area contributed by atoms with Gasteiger partial charge in [-0.25, -0.2) is 0 Å². The molecule has 1 rings (SSSR count). The van der Waals surface area contributed by atoms with Gasteiger partial charge in [-0.2, -0.15) is 0 Å². The van der Waals surface area contributed by atoms with Gasteiger partial charge in [-0.15, -0.1) is 0 Å². The minimum atomic E-state index is -1.31. The molecule has 4 heteroatoms. The molecule has 1 saturated heterocycles. The first kappa shape index (κ1) is 9.64. The Morgan fingerprint density at radius 3 is 2.75 bits per heavy atom. The lowest BCUT2D eigenvalue weighted by atomic mass is 9.91. The highest BCUT2D eigenvalue weighted by molar-refractivity contribution is 5.90. The molecule has 0 saturated carbocycles. The van der Waals surface area contributed by atoms with Gasteiger partial charge in [0.05, 0.1) is 0 Å². The zero-order chi connectivity index (χ0) is 9.35. The van der Waals surface area contributed by atoms with Crippen molar-refractivity contribution in [2.45, 2.75) is 38.3 Å². The van der Waals surface area contributed by atoms with Crippen molar-refractivity contribution in [2.75, 3.05) is 7.11 Å². The first-order chi connectivity index (χ1) is 5.47. The van der Waals surface area contributed by atoms with Gasteiger partial charge in [0.1, 0.15) is 11.7 Å². The van der Waals surface area contributed by atoms with Crippen molar-refractivity contribution in [2.24, 2.45) is 0 Å². The summed E-state index contributed by atoms with van der Waals surface area (Å²) in [6.45, 7) is 3.10. The van der Waals surface area contributed by atoms with Crippen LogP contribution in [0.25, 0.3) is 0 Å². The molecule has 0 amide bonds. The average molecular weight is 174 g/mol. The highest BCUT2D eigenvalue weighted by Gasteiger charge is 2.42. The topological polar surface area (TPSA) is 55.8 Å². The molecule has 0 bridgehead atoms. The van der Waals surface area contributed by atoms with Crippen LogP contribution in [0, 0.1) is 0 Å². The number of rotatable bonds is 1. The quantitative estimate of drug-likeness (QED) is 0.612. The summed E-state index contributed by atoms with van der Waals surface area (Å²) in [4.78, 5) is 11.3. The molecule has 12 heavy (non-hydrogen) atoms. The molecule has 3 atom stereocenters. The van der Waals surface area contributed by atoms with Gasteiger partial charge >= 0.3 is 0 Å². The van der Waals surface area contributed by atoms with Gasteiger partial charge in [0.15, 0.2) is 12.1 Å². The smallest absolute Gasteiger partial charge is 0.192 e. The van der Waals surface area contributed by atoms with Crippen LogP contribution in [0.3, 0.4) is 0 Å². The molecule has 0 aliphatic carbocycles. The van der Waals surface area contributed by atoms with E-state index in [2.05, 4.69) is 0 Å². The van der Waals surface area contributed by atoms with Crippen molar-refractivity contribution in [3.05, 3.63) is 0 Å². The molecule has 70 valence electrons. The van der Waals surface area contributed by atoms with E-state index in [1.807, 2.05) is 0 Å². The largest absolute Gasteiger partial charge is 0.382 e. The van der Waals surface area contributed by atoms with E-state index in [4.69, 9.17) is 9.47 Å². The molecule has 0 radical (unpaired) electrons. The molecule has 1 aliphatic heterocycles. The number of Topliss-reactive ketones (excluding diaryl/α,β-unsaturated/α-hetero) is 1. The van der Waals surface area contributed by atoms with Crippen molar-refractivity contribution < 1.29 is 19.4 Å². The molecular formula is C8H14O4. The minimum absolute atomic E-state index is 0.201. The zero-order valence-electron chi connectivity index (χ0n) is 7.53. The number of aliphatic hydroxyl groups is 1. The van der Waals surface area contributed by atoms with Crippen LogP contribution in [0.1, 0.15) is 20.3 Å². The fraction of sp³-hybridized carbons (Fsp3) is 0.875. The van der Waals surface area contributed by atoms with Crippen LogP contribution in [0.2, 0.25) is 0 Å². The number of methoxy groups -OCH3 is 1. The van der Waals surface area contributed by atoms with Crippen LogP contribution in [0.15, 0.2) is 0 Å². The predicted molar refractivity (Wildman–Crippen MR) is 41.6 cm³/mol. The highest BCUT2D eigenvalue weighted by atomic mass is 16.7. The summed E-state index contributed by atoms with van der Waals surface area (Å²) in [6, 6.07) is 0. The van der Waals surface area contributed by atoms with Gasteiger partial charge in [0.2, 0.25) is 0 Å². The summed E-state index contributed by atoms with van der Waals surface area (Å²) >= 11 is 0. The van der Waals surface area contributed by atoms with E-state index in [9.17, 15) is 9.90 Å². The lowest BCUT2D eigenvalue weighted by molar-refractivity contribution is -0.215. The number of hydrogen-bond acceptors (Lipinski definition) is 4. The molecule has 0 unspecified atom stereocenters. The molecule has 0 aromatic heterocycles. The van der Waals surface area contributed by atoms with Crippen molar-refractivity contribution >= 4 is 5.78 Å². The molecule has 1 heterocycles. The van der Waals surface area contributed by atoms with Crippen LogP contribution >= 0.6 is 0 Å². The van der Waals surface area contributed by atoms with Crippen molar-refractivity contribution in [1.82, 2.24) is 0 Å². The fourth-order valence-electron chi connectivity index (χ4n) is 1.34. The van der Waals surface area contributed by atoms with Gasteiger partial charge in [0.25, 0.3) is 0 Å². The summed E-state index contributed by atoms with van der Waals surface area (Å²) in [5.74, 6) is -0.282. The number of ketones is 1. The Hall–Kier alpha value is -0.450. The Kier molecular flexibility index (Phi) is 2.51. The maximum absolute atomic E-state index is 11.3. The van der Waals surface area contributed by atoms with Crippen LogP contribution in [-0.4, -0.2) is 36.0 Å². The van der Waals surface area contributed by atoms with Crippen LogP contribution in [0.5, 0.6) is 0 Å². The van der Waals surface area contributed by atoms with E-state index >= 15 is 0 Å². The highest BCUT2D eigenvalue weighted by Crippen LogP contribution is 2.25. The van der Waals surface area contributed by atoms with Crippen molar-refractivity contribution in [3.8, 4) is 0 Å². The third kappa shape index (κ3) is 1.65. The summed E-state index contributed by atoms with van der Waals surface area (Å²) in [5, 5.41) is 9.61. The number of hydrogen-bond donors (Lipinski definition) is 1. The van der Waals surface area contributed by atoms with E-state index in [-0.39, 0.29) is 12.2 Å². The minimum Gasteiger partial charge on any atom is -0.382 e. The van der Waals surface area contributed by atoms with E-state index in [0.29, 0.717) is 0 Å². The summed E-state index contributed by atoms with van der Waals surface area (Å²) < 4.78 is 10.1. The number of carbonyl (C=O) groups is 1. The Balaban J connectivity index is 2.72. The third-order valence-corrected chi connectivity index (χ3v) is 2.08. The maximum Gasteiger partial charge on any atom is 0.192 e. The summed E-state index contributed by atoms with van der Waals surface area (Å²) in [7, 11) is 1.49. The summed E-state index contributed by atoms with van der Waals surface area (Å²) in [5.41, 5.74) is -1.31. The Bertz CT molecular complexity index is 187. The number of ether oxygens (including phenoxy) is 2. The zero-order valence-corrected chi connectivity index (χ0v) is 7.53. The average Bonchev–Trinajstić information content (AvgIpc) is 1.99. The Morgan fingerprint density at radius 2 is 2.33 bits per heavy atom. The maximum atomic E-state index is 11.3. The fourth-order valence-corrected chi connectivity index (χ4v) is 1.34. The summed E-state index contributed by atoms with van der Waals surface area (Å²) in [6.07, 6.45) is -0.862.